The molecule has 0 heterocycles. The van der Waals surface area contributed by atoms with Crippen LogP contribution in [-0.2, 0) is 0 Å². The number of ether oxygens (including phenoxy) is 1. The normalized spacial score (nSPS) is 12.3. The lowest BCUT2D eigenvalue weighted by Gasteiger charge is -2.14. The second-order valence-corrected chi connectivity index (χ2v) is 4.27. The predicted octanol–water partition coefficient (Wildman–Crippen LogP) is 3.36. The van der Waals surface area contributed by atoms with Crippen molar-refractivity contribution in [3.63, 3.8) is 0 Å². The van der Waals surface area contributed by atoms with E-state index in [2.05, 4.69) is 0 Å². The average molecular weight is 264 g/mol. The second kappa shape index (κ2) is 5.36. The van der Waals surface area contributed by atoms with E-state index in [0.717, 1.165) is 11.6 Å². The van der Waals surface area contributed by atoms with Crippen molar-refractivity contribution >= 4 is 0 Å². The smallest absolute Gasteiger partial charge is 0.164 e. The van der Waals surface area contributed by atoms with Gasteiger partial charge in [0.05, 0.1) is 7.11 Å². The summed E-state index contributed by atoms with van der Waals surface area (Å²) in [5, 5.41) is 10.1. The minimum absolute atomic E-state index is 0.0791. The molecule has 0 aliphatic rings. The van der Waals surface area contributed by atoms with E-state index in [1.54, 1.807) is 25.3 Å². The first-order valence-electron chi connectivity index (χ1n) is 5.81. The summed E-state index contributed by atoms with van der Waals surface area (Å²) < 4.78 is 31.9. The number of methoxy groups -OCH3 is 1. The Morgan fingerprint density at radius 3 is 2.53 bits per heavy atom. The molecule has 0 saturated carbocycles. The van der Waals surface area contributed by atoms with E-state index in [0.29, 0.717) is 11.3 Å². The highest BCUT2D eigenvalue weighted by atomic mass is 19.2. The molecular formula is C15H14F2O2. The fourth-order valence-electron chi connectivity index (χ4n) is 1.98. The Morgan fingerprint density at radius 2 is 1.89 bits per heavy atom. The summed E-state index contributed by atoms with van der Waals surface area (Å²) in [5.41, 5.74) is 1.23. The van der Waals surface area contributed by atoms with Gasteiger partial charge in [-0.1, -0.05) is 18.2 Å². The van der Waals surface area contributed by atoms with Crippen molar-refractivity contribution in [1.29, 1.82) is 0 Å². The van der Waals surface area contributed by atoms with Crippen LogP contribution in [0.4, 0.5) is 8.78 Å². The molecule has 0 saturated heterocycles. The molecule has 0 bridgehead atoms. The van der Waals surface area contributed by atoms with Crippen molar-refractivity contribution in [1.82, 2.24) is 0 Å². The highest BCUT2D eigenvalue weighted by molar-refractivity contribution is 5.40. The highest BCUT2D eigenvalue weighted by Gasteiger charge is 2.18. The van der Waals surface area contributed by atoms with Gasteiger partial charge in [0.15, 0.2) is 11.6 Å². The van der Waals surface area contributed by atoms with E-state index in [9.17, 15) is 13.9 Å². The summed E-state index contributed by atoms with van der Waals surface area (Å²) in [6.45, 7) is 1.82. The topological polar surface area (TPSA) is 29.5 Å². The van der Waals surface area contributed by atoms with Gasteiger partial charge in [-0.2, -0.15) is 0 Å². The highest BCUT2D eigenvalue weighted by Crippen LogP contribution is 2.28. The first kappa shape index (κ1) is 13.5. The lowest BCUT2D eigenvalue weighted by atomic mass is 9.99. The number of aryl methyl sites for hydroxylation is 1. The van der Waals surface area contributed by atoms with Gasteiger partial charge in [0.25, 0.3) is 0 Å². The summed E-state index contributed by atoms with van der Waals surface area (Å²) in [5.74, 6) is -1.32. The maximum atomic E-state index is 13.6. The third-order valence-electron chi connectivity index (χ3n) is 3.01. The van der Waals surface area contributed by atoms with Gasteiger partial charge >= 0.3 is 0 Å². The molecule has 0 radical (unpaired) electrons. The van der Waals surface area contributed by atoms with Crippen LogP contribution in [0.25, 0.3) is 0 Å². The Labute approximate surface area is 110 Å². The SMILES string of the molecule is COc1ccc(C(O)c2cccc(F)c2F)cc1C. The fourth-order valence-corrected chi connectivity index (χ4v) is 1.98. The Kier molecular flexibility index (Phi) is 3.81. The number of rotatable bonds is 3. The number of benzene rings is 2. The molecule has 0 aromatic heterocycles. The summed E-state index contributed by atoms with van der Waals surface area (Å²) in [6, 6.07) is 8.75. The molecule has 0 aliphatic carbocycles. The largest absolute Gasteiger partial charge is 0.496 e. The molecule has 2 nitrogen and oxygen atoms in total. The van der Waals surface area contributed by atoms with Gasteiger partial charge in [0.2, 0.25) is 0 Å². The Bertz CT molecular complexity index is 597. The van der Waals surface area contributed by atoms with Crippen molar-refractivity contribution in [2.45, 2.75) is 13.0 Å². The van der Waals surface area contributed by atoms with E-state index < -0.39 is 17.7 Å². The van der Waals surface area contributed by atoms with Crippen molar-refractivity contribution in [3.8, 4) is 5.75 Å². The van der Waals surface area contributed by atoms with E-state index >= 15 is 0 Å². The summed E-state index contributed by atoms with van der Waals surface area (Å²) in [4.78, 5) is 0. The first-order valence-corrected chi connectivity index (χ1v) is 5.81. The van der Waals surface area contributed by atoms with Gasteiger partial charge in [0, 0.05) is 5.56 Å². The van der Waals surface area contributed by atoms with Crippen LogP contribution in [-0.4, -0.2) is 12.2 Å². The summed E-state index contributed by atoms with van der Waals surface area (Å²) in [6.07, 6.45) is -1.21. The minimum atomic E-state index is -1.21. The van der Waals surface area contributed by atoms with Crippen LogP contribution in [0.3, 0.4) is 0 Å². The average Bonchev–Trinajstić information content (AvgIpc) is 2.41. The van der Waals surface area contributed by atoms with Gasteiger partial charge in [0.1, 0.15) is 11.9 Å². The van der Waals surface area contributed by atoms with E-state index in [1.165, 1.54) is 12.1 Å². The lowest BCUT2D eigenvalue weighted by molar-refractivity contribution is 0.213. The maximum absolute atomic E-state index is 13.6. The number of hydrogen-bond donors (Lipinski definition) is 1. The minimum Gasteiger partial charge on any atom is -0.496 e. The van der Waals surface area contributed by atoms with Crippen molar-refractivity contribution in [2.75, 3.05) is 7.11 Å². The Morgan fingerprint density at radius 1 is 1.16 bits per heavy atom. The van der Waals surface area contributed by atoms with Gasteiger partial charge in [-0.15, -0.1) is 0 Å². The molecule has 2 aromatic carbocycles. The maximum Gasteiger partial charge on any atom is 0.164 e. The molecule has 0 spiro atoms. The van der Waals surface area contributed by atoms with Gasteiger partial charge < -0.3 is 9.84 Å². The van der Waals surface area contributed by atoms with Crippen LogP contribution in [0, 0.1) is 18.6 Å². The first-order chi connectivity index (χ1) is 9.04. The molecule has 100 valence electrons. The molecule has 1 N–H and O–H groups in total. The standard InChI is InChI=1S/C15H14F2O2/c1-9-8-10(6-7-13(9)19-2)15(18)11-4-3-5-12(16)14(11)17/h3-8,15,18H,1-2H3. The molecule has 0 fully saturated rings. The number of halogens is 2. The van der Waals surface area contributed by atoms with Gasteiger partial charge in [-0.05, 0) is 36.2 Å². The summed E-state index contributed by atoms with van der Waals surface area (Å²) in [7, 11) is 1.55. The van der Waals surface area contributed by atoms with Crippen LogP contribution in [0.2, 0.25) is 0 Å². The Hall–Kier alpha value is -1.94. The Balaban J connectivity index is 2.41. The van der Waals surface area contributed by atoms with Gasteiger partial charge in [-0.25, -0.2) is 8.78 Å². The molecule has 19 heavy (non-hydrogen) atoms. The summed E-state index contributed by atoms with van der Waals surface area (Å²) >= 11 is 0. The molecule has 1 atom stereocenters. The van der Waals surface area contributed by atoms with Crippen molar-refractivity contribution in [2.24, 2.45) is 0 Å². The fraction of sp³-hybridized carbons (Fsp3) is 0.200. The third-order valence-corrected chi connectivity index (χ3v) is 3.01. The van der Waals surface area contributed by atoms with Crippen molar-refractivity contribution in [3.05, 3.63) is 64.7 Å². The molecule has 2 rings (SSSR count). The van der Waals surface area contributed by atoms with Crippen LogP contribution < -0.4 is 4.74 Å². The zero-order valence-corrected chi connectivity index (χ0v) is 10.7. The van der Waals surface area contributed by atoms with Crippen LogP contribution in [0.5, 0.6) is 5.75 Å². The number of aliphatic hydroxyl groups is 1. The van der Waals surface area contributed by atoms with Crippen LogP contribution in [0.1, 0.15) is 22.8 Å². The monoisotopic (exact) mass is 264 g/mol. The van der Waals surface area contributed by atoms with E-state index in [4.69, 9.17) is 4.74 Å². The quantitative estimate of drug-likeness (QED) is 0.921. The lowest BCUT2D eigenvalue weighted by Crippen LogP contribution is -2.04. The molecule has 4 heteroatoms. The van der Waals surface area contributed by atoms with E-state index in [-0.39, 0.29) is 5.56 Å². The molecule has 2 aromatic rings. The number of hydrogen-bond acceptors (Lipinski definition) is 2. The second-order valence-electron chi connectivity index (χ2n) is 4.27. The number of aliphatic hydroxyl groups excluding tert-OH is 1. The predicted molar refractivity (Wildman–Crippen MR) is 68.2 cm³/mol. The molecular weight excluding hydrogens is 250 g/mol. The van der Waals surface area contributed by atoms with Crippen molar-refractivity contribution < 1.29 is 18.6 Å². The van der Waals surface area contributed by atoms with Gasteiger partial charge in [-0.3, -0.25) is 0 Å². The molecule has 1 unspecified atom stereocenters. The molecule has 0 amide bonds. The zero-order valence-electron chi connectivity index (χ0n) is 10.7. The van der Waals surface area contributed by atoms with E-state index in [1.807, 2.05) is 6.92 Å². The third kappa shape index (κ3) is 2.58. The molecule has 0 aliphatic heterocycles. The van der Waals surface area contributed by atoms with Crippen LogP contribution in [0.15, 0.2) is 36.4 Å². The zero-order chi connectivity index (χ0) is 14.0. The van der Waals surface area contributed by atoms with Crippen LogP contribution >= 0.6 is 0 Å².